The average Bonchev–Trinajstić information content (AvgIpc) is 2.19. The Balaban J connectivity index is 3.03. The monoisotopic (exact) mass is 316 g/mol. The van der Waals surface area contributed by atoms with Crippen LogP contribution in [0.15, 0.2) is 32.7 Å². The predicted molar refractivity (Wildman–Crippen MR) is 66.2 cm³/mol. The van der Waals surface area contributed by atoms with Crippen LogP contribution < -0.4 is 0 Å². The molecule has 0 aliphatic carbocycles. The van der Waals surface area contributed by atoms with E-state index in [1.807, 2.05) is 31.2 Å². The highest BCUT2D eigenvalue weighted by atomic mass is 79.9. The molecule has 1 aromatic rings. The van der Waals surface area contributed by atoms with Crippen molar-refractivity contribution in [3.8, 4) is 0 Å². The third-order valence-corrected chi connectivity index (χ3v) is 3.74. The molecule has 0 saturated heterocycles. The van der Waals surface area contributed by atoms with E-state index in [-0.39, 0.29) is 0 Å². The Morgan fingerprint density at radius 3 is 2.57 bits per heavy atom. The number of halogens is 2. The number of rotatable bonds is 3. The van der Waals surface area contributed by atoms with Gasteiger partial charge in [0.05, 0.1) is 0 Å². The Morgan fingerprint density at radius 1 is 1.36 bits per heavy atom. The average molecular weight is 318 g/mol. The smallest absolute Gasteiger partial charge is 0.146 e. The molecule has 0 radical (unpaired) electrons. The molecule has 0 spiro atoms. The molecular weight excluding hydrogens is 308 g/mol. The standard InChI is InChI=1S/C11H10Br2O/c1-2-8(7-14)5-9-3-4-10(12)11(13)6-9/h3-7H,2H2,1H3/b8-5-. The number of allylic oxidation sites excluding steroid dienone is 1. The lowest BCUT2D eigenvalue weighted by molar-refractivity contribution is -0.104. The van der Waals surface area contributed by atoms with Crippen LogP contribution >= 0.6 is 31.9 Å². The number of carbonyl (C=O) groups excluding carboxylic acids is 1. The summed E-state index contributed by atoms with van der Waals surface area (Å²) < 4.78 is 2.01. The fraction of sp³-hybridized carbons (Fsp3) is 0.182. The zero-order chi connectivity index (χ0) is 10.6. The molecule has 1 rings (SSSR count). The molecule has 0 aliphatic heterocycles. The van der Waals surface area contributed by atoms with E-state index in [0.29, 0.717) is 0 Å². The van der Waals surface area contributed by atoms with Gasteiger partial charge in [-0.2, -0.15) is 0 Å². The van der Waals surface area contributed by atoms with Crippen LogP contribution in [0.4, 0.5) is 0 Å². The van der Waals surface area contributed by atoms with Gasteiger partial charge in [-0.05, 0) is 67.6 Å². The molecule has 1 aromatic carbocycles. The highest BCUT2D eigenvalue weighted by Gasteiger charge is 1.97. The third kappa shape index (κ3) is 3.07. The van der Waals surface area contributed by atoms with Crippen LogP contribution in [-0.2, 0) is 4.79 Å². The first kappa shape index (κ1) is 11.7. The second-order valence-electron chi connectivity index (χ2n) is 2.86. The number of aldehydes is 1. The quantitative estimate of drug-likeness (QED) is 0.603. The highest BCUT2D eigenvalue weighted by molar-refractivity contribution is 9.13. The van der Waals surface area contributed by atoms with Gasteiger partial charge in [0.2, 0.25) is 0 Å². The van der Waals surface area contributed by atoms with E-state index in [9.17, 15) is 4.79 Å². The van der Waals surface area contributed by atoms with Crippen LogP contribution in [0.3, 0.4) is 0 Å². The molecule has 1 nitrogen and oxygen atoms in total. The van der Waals surface area contributed by atoms with Crippen LogP contribution in [0.1, 0.15) is 18.9 Å². The molecule has 0 fully saturated rings. The Labute approximate surface area is 100 Å². The molecule has 0 aliphatic rings. The first-order valence-electron chi connectivity index (χ1n) is 4.28. The van der Waals surface area contributed by atoms with E-state index in [4.69, 9.17) is 0 Å². The van der Waals surface area contributed by atoms with Crippen LogP contribution in [0.2, 0.25) is 0 Å². The van der Waals surface area contributed by atoms with Gasteiger partial charge in [-0.3, -0.25) is 4.79 Å². The number of hydrogen-bond donors (Lipinski definition) is 0. The SMILES string of the molecule is CC/C(C=O)=C/c1ccc(Br)c(Br)c1. The maximum atomic E-state index is 10.6. The minimum atomic E-state index is 0.761. The van der Waals surface area contributed by atoms with Gasteiger partial charge in [0.15, 0.2) is 0 Å². The second kappa shape index (κ2) is 5.47. The lowest BCUT2D eigenvalue weighted by Crippen LogP contribution is -1.82. The summed E-state index contributed by atoms with van der Waals surface area (Å²) in [6.07, 6.45) is 3.55. The van der Waals surface area contributed by atoms with Gasteiger partial charge in [-0.25, -0.2) is 0 Å². The lowest BCUT2D eigenvalue weighted by atomic mass is 10.1. The van der Waals surface area contributed by atoms with Gasteiger partial charge in [-0.1, -0.05) is 13.0 Å². The van der Waals surface area contributed by atoms with Crippen LogP contribution in [0.25, 0.3) is 6.08 Å². The van der Waals surface area contributed by atoms with Gasteiger partial charge >= 0.3 is 0 Å². The Kier molecular flexibility index (Phi) is 4.55. The van der Waals surface area contributed by atoms with Gasteiger partial charge in [-0.15, -0.1) is 0 Å². The summed E-state index contributed by atoms with van der Waals surface area (Å²) in [6.45, 7) is 1.97. The summed E-state index contributed by atoms with van der Waals surface area (Å²) in [7, 11) is 0. The topological polar surface area (TPSA) is 17.1 Å². The van der Waals surface area contributed by atoms with Gasteiger partial charge in [0, 0.05) is 8.95 Å². The largest absolute Gasteiger partial charge is 0.298 e. The fourth-order valence-electron chi connectivity index (χ4n) is 1.04. The summed E-state index contributed by atoms with van der Waals surface area (Å²) in [5.41, 5.74) is 1.84. The number of benzene rings is 1. The van der Waals surface area contributed by atoms with E-state index in [1.54, 1.807) is 0 Å². The van der Waals surface area contributed by atoms with Gasteiger partial charge < -0.3 is 0 Å². The van der Waals surface area contributed by atoms with Gasteiger partial charge in [0.25, 0.3) is 0 Å². The Morgan fingerprint density at radius 2 is 2.07 bits per heavy atom. The van der Waals surface area contributed by atoms with Crippen molar-refractivity contribution in [2.45, 2.75) is 13.3 Å². The summed E-state index contributed by atoms with van der Waals surface area (Å²) >= 11 is 6.81. The number of carbonyl (C=O) groups is 1. The molecule has 0 bridgehead atoms. The van der Waals surface area contributed by atoms with E-state index in [1.165, 1.54) is 0 Å². The van der Waals surface area contributed by atoms with E-state index in [2.05, 4.69) is 31.9 Å². The van der Waals surface area contributed by atoms with Crippen molar-refractivity contribution in [3.63, 3.8) is 0 Å². The van der Waals surface area contributed by atoms with Crippen molar-refractivity contribution in [2.24, 2.45) is 0 Å². The molecular formula is C11H10Br2O. The van der Waals surface area contributed by atoms with Crippen molar-refractivity contribution < 1.29 is 4.79 Å². The van der Waals surface area contributed by atoms with Crippen LogP contribution in [0, 0.1) is 0 Å². The molecule has 0 unspecified atom stereocenters. The summed E-state index contributed by atoms with van der Waals surface area (Å²) in [6, 6.07) is 5.89. The van der Waals surface area contributed by atoms with Crippen LogP contribution in [0.5, 0.6) is 0 Å². The molecule has 74 valence electrons. The second-order valence-corrected chi connectivity index (χ2v) is 4.57. The molecule has 0 N–H and O–H groups in total. The maximum absolute atomic E-state index is 10.6. The Bertz CT molecular complexity index is 370. The third-order valence-electron chi connectivity index (χ3n) is 1.86. The van der Waals surface area contributed by atoms with Crippen molar-refractivity contribution in [1.82, 2.24) is 0 Å². The normalized spacial score (nSPS) is 11.5. The van der Waals surface area contributed by atoms with E-state index in [0.717, 1.165) is 32.8 Å². The predicted octanol–water partition coefficient (Wildman–Crippen LogP) is 4.20. The first-order chi connectivity index (χ1) is 6.67. The molecule has 0 atom stereocenters. The van der Waals surface area contributed by atoms with E-state index < -0.39 is 0 Å². The molecule has 0 heterocycles. The van der Waals surface area contributed by atoms with E-state index >= 15 is 0 Å². The maximum Gasteiger partial charge on any atom is 0.146 e. The van der Waals surface area contributed by atoms with Gasteiger partial charge in [0.1, 0.15) is 6.29 Å². The van der Waals surface area contributed by atoms with Crippen LogP contribution in [-0.4, -0.2) is 6.29 Å². The van der Waals surface area contributed by atoms with Crippen molar-refractivity contribution >= 4 is 44.2 Å². The minimum Gasteiger partial charge on any atom is -0.298 e. The first-order valence-corrected chi connectivity index (χ1v) is 5.86. The Hall–Kier alpha value is -0.410. The minimum absolute atomic E-state index is 0.761. The van der Waals surface area contributed by atoms with Crippen molar-refractivity contribution in [3.05, 3.63) is 38.3 Å². The number of hydrogen-bond acceptors (Lipinski definition) is 1. The fourth-order valence-corrected chi connectivity index (χ4v) is 1.68. The van der Waals surface area contributed by atoms with Crippen molar-refractivity contribution in [1.29, 1.82) is 0 Å². The molecule has 0 amide bonds. The summed E-state index contributed by atoms with van der Waals surface area (Å²) in [5.74, 6) is 0. The summed E-state index contributed by atoms with van der Waals surface area (Å²) in [5, 5.41) is 0. The molecule has 0 aromatic heterocycles. The van der Waals surface area contributed by atoms with Crippen molar-refractivity contribution in [2.75, 3.05) is 0 Å². The highest BCUT2D eigenvalue weighted by Crippen LogP contribution is 2.24. The molecule has 14 heavy (non-hydrogen) atoms. The molecule has 0 saturated carbocycles. The molecule has 3 heteroatoms. The zero-order valence-corrected chi connectivity index (χ0v) is 10.9. The lowest BCUT2D eigenvalue weighted by Gasteiger charge is -1.99. The zero-order valence-electron chi connectivity index (χ0n) is 7.76. The summed E-state index contributed by atoms with van der Waals surface area (Å²) in [4.78, 5) is 10.6.